The van der Waals surface area contributed by atoms with Gasteiger partial charge in [0.25, 0.3) is 0 Å². The molecule has 3 heteroatoms. The van der Waals surface area contributed by atoms with Crippen LogP contribution in [0.25, 0.3) is 0 Å². The van der Waals surface area contributed by atoms with Gasteiger partial charge in [0.1, 0.15) is 6.10 Å². The summed E-state index contributed by atoms with van der Waals surface area (Å²) in [6.45, 7) is 16.2. The molecule has 4 aliphatic rings. The summed E-state index contributed by atoms with van der Waals surface area (Å²) in [5.74, 6) is 3.75. The van der Waals surface area contributed by atoms with E-state index in [0.717, 1.165) is 31.1 Å². The van der Waals surface area contributed by atoms with Gasteiger partial charge in [0, 0.05) is 0 Å². The Kier molecular flexibility index (Phi) is 7.03. The van der Waals surface area contributed by atoms with E-state index < -0.39 is 0 Å². The molecule has 0 spiro atoms. The molecule has 0 bridgehead atoms. The second kappa shape index (κ2) is 9.19. The van der Waals surface area contributed by atoms with Crippen molar-refractivity contribution in [2.45, 2.75) is 111 Å². The van der Waals surface area contributed by atoms with Gasteiger partial charge in [-0.2, -0.15) is 0 Å². The molecule has 10 atom stereocenters. The normalized spacial score (nSPS) is 45.3. The number of aliphatic hydroxyl groups excluding tert-OH is 1. The summed E-state index contributed by atoms with van der Waals surface area (Å²) in [6.07, 6.45) is 13.4. The molecule has 4 aliphatic carbocycles. The molecule has 182 valence electrons. The Morgan fingerprint density at radius 2 is 1.91 bits per heavy atom. The molecule has 0 amide bonds. The Hall–Kier alpha value is -0.640. The van der Waals surface area contributed by atoms with Crippen molar-refractivity contribution in [3.63, 3.8) is 0 Å². The summed E-state index contributed by atoms with van der Waals surface area (Å²) >= 11 is 0. The second-order valence-electron chi connectivity index (χ2n) is 12.6. The minimum Gasteiger partial charge on any atom is -0.393 e. The lowest BCUT2D eigenvalue weighted by Crippen LogP contribution is -2.55. The Bertz CT molecular complexity index is 728. The van der Waals surface area contributed by atoms with Gasteiger partial charge >= 0.3 is 0 Å². The minimum atomic E-state index is -0.234. The summed E-state index contributed by atoms with van der Waals surface area (Å²) in [4.78, 5) is 5.19. The zero-order valence-electron chi connectivity index (χ0n) is 21.3. The summed E-state index contributed by atoms with van der Waals surface area (Å²) in [6, 6.07) is 0. The molecule has 0 aromatic rings. The molecular formula is C29H48O3. The van der Waals surface area contributed by atoms with E-state index in [9.17, 15) is 10.4 Å². The van der Waals surface area contributed by atoms with Crippen molar-refractivity contribution in [3.05, 3.63) is 23.8 Å². The van der Waals surface area contributed by atoms with Crippen LogP contribution in [0.4, 0.5) is 0 Å². The predicted molar refractivity (Wildman–Crippen MR) is 131 cm³/mol. The highest BCUT2D eigenvalue weighted by Gasteiger charge is 2.61. The maximum absolute atomic E-state index is 10.3. The van der Waals surface area contributed by atoms with Gasteiger partial charge in [-0.05, 0) is 117 Å². The number of hydrogen-bond acceptors (Lipinski definition) is 3. The Labute approximate surface area is 196 Å². The van der Waals surface area contributed by atoms with Gasteiger partial charge in [-0.1, -0.05) is 51.5 Å². The molecule has 3 nitrogen and oxygen atoms in total. The molecule has 0 heterocycles. The lowest BCUT2D eigenvalue weighted by atomic mass is 9.46. The van der Waals surface area contributed by atoms with Crippen LogP contribution in [0, 0.1) is 46.3 Å². The van der Waals surface area contributed by atoms with Crippen LogP contribution in [-0.2, 0) is 4.89 Å². The van der Waals surface area contributed by atoms with Gasteiger partial charge in [0.05, 0.1) is 6.10 Å². The van der Waals surface area contributed by atoms with Crippen LogP contribution in [0.1, 0.15) is 98.8 Å². The molecule has 32 heavy (non-hydrogen) atoms. The van der Waals surface area contributed by atoms with Crippen molar-refractivity contribution >= 4 is 0 Å². The summed E-state index contributed by atoms with van der Waals surface area (Å²) in [7, 11) is 0. The second-order valence-corrected chi connectivity index (χ2v) is 12.6. The monoisotopic (exact) mass is 444 g/mol. The number of allylic oxidation sites excluding steroid dienone is 1. The first-order chi connectivity index (χ1) is 15.2. The summed E-state index contributed by atoms with van der Waals surface area (Å²) in [5, 5.41) is 20.3. The molecule has 0 aromatic carbocycles. The molecule has 2 N–H and O–H groups in total. The van der Waals surface area contributed by atoms with Gasteiger partial charge in [0.2, 0.25) is 0 Å². The maximum atomic E-state index is 10.3. The average molecular weight is 445 g/mol. The molecule has 0 radical (unpaired) electrons. The maximum Gasteiger partial charge on any atom is 0.114 e. The van der Waals surface area contributed by atoms with E-state index >= 15 is 0 Å². The molecule has 4 unspecified atom stereocenters. The van der Waals surface area contributed by atoms with Crippen LogP contribution in [0.3, 0.4) is 0 Å². The third kappa shape index (κ3) is 3.95. The van der Waals surface area contributed by atoms with E-state index in [1.54, 1.807) is 0 Å². The van der Waals surface area contributed by atoms with Crippen LogP contribution < -0.4 is 0 Å². The third-order valence-electron chi connectivity index (χ3n) is 11.1. The van der Waals surface area contributed by atoms with Crippen LogP contribution in [-0.4, -0.2) is 22.6 Å². The van der Waals surface area contributed by atoms with Gasteiger partial charge in [-0.15, -0.1) is 0 Å². The third-order valence-corrected chi connectivity index (χ3v) is 11.1. The molecule has 0 aliphatic heterocycles. The van der Waals surface area contributed by atoms with Crippen LogP contribution in [0.5, 0.6) is 0 Å². The van der Waals surface area contributed by atoms with Gasteiger partial charge in [-0.25, -0.2) is 4.89 Å². The Morgan fingerprint density at radius 3 is 2.56 bits per heavy atom. The molecule has 0 saturated heterocycles. The lowest BCUT2D eigenvalue weighted by molar-refractivity contribution is -0.296. The van der Waals surface area contributed by atoms with E-state index in [1.165, 1.54) is 56.1 Å². The van der Waals surface area contributed by atoms with Crippen LogP contribution in [0.2, 0.25) is 0 Å². The Morgan fingerprint density at radius 1 is 1.16 bits per heavy atom. The molecular weight excluding hydrogens is 396 g/mol. The van der Waals surface area contributed by atoms with Gasteiger partial charge in [0.15, 0.2) is 0 Å². The molecule has 3 fully saturated rings. The van der Waals surface area contributed by atoms with Crippen molar-refractivity contribution < 1.29 is 15.3 Å². The van der Waals surface area contributed by atoms with Crippen LogP contribution in [0.15, 0.2) is 23.8 Å². The fourth-order valence-corrected chi connectivity index (χ4v) is 9.14. The Balaban J connectivity index is 1.55. The predicted octanol–water partition coefficient (Wildman–Crippen LogP) is 7.41. The first-order valence-corrected chi connectivity index (χ1v) is 13.5. The smallest absolute Gasteiger partial charge is 0.114 e. The highest BCUT2D eigenvalue weighted by Crippen LogP contribution is 2.67. The van der Waals surface area contributed by atoms with Crippen molar-refractivity contribution in [2.24, 2.45) is 46.3 Å². The van der Waals surface area contributed by atoms with Crippen molar-refractivity contribution in [2.75, 3.05) is 0 Å². The van der Waals surface area contributed by atoms with Crippen LogP contribution >= 0.6 is 0 Å². The largest absolute Gasteiger partial charge is 0.393 e. The quantitative estimate of drug-likeness (QED) is 0.244. The zero-order valence-corrected chi connectivity index (χ0v) is 21.3. The number of fused-ring (bicyclic) bond motifs is 5. The van der Waals surface area contributed by atoms with Gasteiger partial charge < -0.3 is 5.11 Å². The highest BCUT2D eigenvalue weighted by atomic mass is 17.1. The van der Waals surface area contributed by atoms with Gasteiger partial charge in [-0.3, -0.25) is 5.26 Å². The van der Waals surface area contributed by atoms with Crippen molar-refractivity contribution in [1.82, 2.24) is 0 Å². The molecule has 0 aromatic heterocycles. The highest BCUT2D eigenvalue weighted by molar-refractivity contribution is 5.28. The fraction of sp³-hybridized carbons (Fsp3) is 0.862. The first-order valence-electron chi connectivity index (χ1n) is 13.5. The zero-order chi connectivity index (χ0) is 23.3. The standard InChI is InChI=1S/C29H48O3/c1-7-20(18(2)3)9-8-19(4)23-10-11-24-27-25(13-15-29(23,24)6)28(5)14-12-22(30)16-21(28)17-26(27)32-31/h17,19-20,22-27,30-31H,2,7-16H2,1,3-6H3/t19-,20+,22+,23?,24?,25?,26-,27?,28+,29-/m1/s1. The van der Waals surface area contributed by atoms with E-state index in [4.69, 9.17) is 4.89 Å². The summed E-state index contributed by atoms with van der Waals surface area (Å²) in [5.41, 5.74) is 3.19. The lowest BCUT2D eigenvalue weighted by Gasteiger charge is -2.59. The first kappa shape index (κ1) is 24.5. The summed E-state index contributed by atoms with van der Waals surface area (Å²) < 4.78 is 0. The number of rotatable bonds is 7. The minimum absolute atomic E-state index is 0.166. The molecule has 3 saturated carbocycles. The van der Waals surface area contributed by atoms with E-state index in [1.807, 2.05) is 0 Å². The number of hydrogen-bond donors (Lipinski definition) is 2. The van der Waals surface area contributed by atoms with Crippen molar-refractivity contribution in [1.29, 1.82) is 0 Å². The van der Waals surface area contributed by atoms with E-state index in [0.29, 0.717) is 29.1 Å². The SMILES string of the molecule is C=C(C)[C@@H](CC)CC[C@@H](C)C1CCC2C3C(CC[C@@]21C)[C@@]1(C)CC[C@H](O)CC1=C[C@H]3OO. The van der Waals surface area contributed by atoms with Crippen molar-refractivity contribution in [3.8, 4) is 0 Å². The average Bonchev–Trinajstić information content (AvgIpc) is 3.11. The van der Waals surface area contributed by atoms with E-state index in [-0.39, 0.29) is 17.6 Å². The fourth-order valence-electron chi connectivity index (χ4n) is 9.14. The van der Waals surface area contributed by atoms with E-state index in [2.05, 4.69) is 47.3 Å². The number of aliphatic hydroxyl groups is 1. The molecule has 4 rings (SSSR count). The topological polar surface area (TPSA) is 49.7 Å².